The van der Waals surface area contributed by atoms with Gasteiger partial charge in [-0.2, -0.15) is 0 Å². The molecule has 0 saturated carbocycles. The first-order valence-electron chi connectivity index (χ1n) is 4.23. The van der Waals surface area contributed by atoms with Crippen LogP contribution in [0, 0.1) is 11.8 Å². The Bertz CT molecular complexity index is 438. The van der Waals surface area contributed by atoms with Gasteiger partial charge in [0.25, 0.3) is 0 Å². The van der Waals surface area contributed by atoms with Crippen molar-refractivity contribution in [3.63, 3.8) is 0 Å². The van der Waals surface area contributed by atoms with Crippen LogP contribution >= 0.6 is 11.6 Å². The second-order valence-electron chi connectivity index (χ2n) is 2.60. The van der Waals surface area contributed by atoms with E-state index in [1.54, 1.807) is 24.3 Å². The third kappa shape index (κ3) is 3.16. The van der Waals surface area contributed by atoms with E-state index in [1.807, 2.05) is 0 Å². The molecule has 0 aliphatic rings. The van der Waals surface area contributed by atoms with E-state index in [2.05, 4.69) is 16.6 Å². The van der Waals surface area contributed by atoms with Gasteiger partial charge < -0.3 is 4.74 Å². The van der Waals surface area contributed by atoms with E-state index < -0.39 is 5.97 Å². The molecule has 0 amide bonds. The number of methoxy groups -OCH3 is 1. The van der Waals surface area contributed by atoms with Crippen molar-refractivity contribution in [1.82, 2.24) is 0 Å². The highest BCUT2D eigenvalue weighted by atomic mass is 35.5. The van der Waals surface area contributed by atoms with E-state index in [0.717, 1.165) is 0 Å². The van der Waals surface area contributed by atoms with E-state index in [4.69, 9.17) is 11.6 Å². The summed E-state index contributed by atoms with van der Waals surface area (Å²) in [6.45, 7) is 0. The van der Waals surface area contributed by atoms with Crippen LogP contribution in [0.4, 0.5) is 0 Å². The molecule has 0 N–H and O–H groups in total. The Labute approximate surface area is 93.5 Å². The number of hydrogen-bond donors (Lipinski definition) is 0. The summed E-state index contributed by atoms with van der Waals surface area (Å²) >= 11 is 5.32. The molecule has 1 rings (SSSR count). The maximum atomic E-state index is 11.3. The lowest BCUT2D eigenvalue weighted by atomic mass is 10.1. The molecule has 0 heterocycles. The zero-order valence-electron chi connectivity index (χ0n) is 8.16. The summed E-state index contributed by atoms with van der Waals surface area (Å²) in [6, 6.07) is 6.98. The standard InChI is InChI=1S/C12H9ClO2/c1-15-12(14)11-8-3-2-6-10(11)7-4-5-9-13/h2-3,5-6,8-9H,1H3/b9-5+. The molecule has 76 valence electrons. The smallest absolute Gasteiger partial charge is 0.339 e. The third-order valence-corrected chi connectivity index (χ3v) is 1.81. The fraction of sp³-hybridized carbons (Fsp3) is 0.0833. The van der Waals surface area contributed by atoms with Crippen LogP contribution in [0.5, 0.6) is 0 Å². The molecule has 0 radical (unpaired) electrons. The van der Waals surface area contributed by atoms with Crippen molar-refractivity contribution in [2.45, 2.75) is 0 Å². The Balaban J connectivity index is 3.08. The maximum Gasteiger partial charge on any atom is 0.339 e. The first kappa shape index (κ1) is 11.4. The molecule has 3 heteroatoms. The largest absolute Gasteiger partial charge is 0.465 e. The van der Waals surface area contributed by atoms with Gasteiger partial charge in [0.1, 0.15) is 0 Å². The minimum absolute atomic E-state index is 0.394. The Kier molecular flexibility index (Phi) is 4.46. The number of rotatable bonds is 1. The van der Waals surface area contributed by atoms with Gasteiger partial charge in [-0.05, 0) is 18.2 Å². The predicted octanol–water partition coefficient (Wildman–Crippen LogP) is 2.58. The fourth-order valence-corrected chi connectivity index (χ4v) is 1.09. The van der Waals surface area contributed by atoms with E-state index in [-0.39, 0.29) is 0 Å². The first-order chi connectivity index (χ1) is 7.29. The highest BCUT2D eigenvalue weighted by molar-refractivity contribution is 6.25. The Morgan fingerprint density at radius 2 is 2.20 bits per heavy atom. The lowest BCUT2D eigenvalue weighted by molar-refractivity contribution is 0.0600. The Hall–Kier alpha value is -1.72. The quantitative estimate of drug-likeness (QED) is 0.537. The average molecular weight is 221 g/mol. The highest BCUT2D eigenvalue weighted by Crippen LogP contribution is 2.08. The van der Waals surface area contributed by atoms with Crippen molar-refractivity contribution in [3.8, 4) is 11.8 Å². The van der Waals surface area contributed by atoms with Crippen LogP contribution in [0.25, 0.3) is 0 Å². The van der Waals surface area contributed by atoms with Crippen molar-refractivity contribution in [1.29, 1.82) is 0 Å². The summed E-state index contributed by atoms with van der Waals surface area (Å²) in [5, 5.41) is 0. The summed E-state index contributed by atoms with van der Waals surface area (Å²) in [4.78, 5) is 11.3. The van der Waals surface area contributed by atoms with Crippen LogP contribution < -0.4 is 0 Å². The van der Waals surface area contributed by atoms with E-state index in [9.17, 15) is 4.79 Å². The number of carbonyl (C=O) groups excluding carboxylic acids is 1. The highest BCUT2D eigenvalue weighted by Gasteiger charge is 2.08. The molecule has 0 saturated heterocycles. The van der Waals surface area contributed by atoms with Gasteiger partial charge in [0.2, 0.25) is 0 Å². The van der Waals surface area contributed by atoms with E-state index >= 15 is 0 Å². The summed E-state index contributed by atoms with van der Waals surface area (Å²) in [7, 11) is 1.34. The third-order valence-electron chi connectivity index (χ3n) is 1.69. The van der Waals surface area contributed by atoms with Crippen molar-refractivity contribution in [3.05, 3.63) is 47.0 Å². The van der Waals surface area contributed by atoms with Gasteiger partial charge in [0.15, 0.2) is 0 Å². The fourth-order valence-electron chi connectivity index (χ4n) is 1.03. The van der Waals surface area contributed by atoms with Gasteiger partial charge in [0.05, 0.1) is 12.7 Å². The molecule has 0 bridgehead atoms. The van der Waals surface area contributed by atoms with Crippen LogP contribution in [-0.4, -0.2) is 13.1 Å². The second kappa shape index (κ2) is 5.90. The Morgan fingerprint density at radius 1 is 1.47 bits per heavy atom. The topological polar surface area (TPSA) is 26.3 Å². The van der Waals surface area contributed by atoms with Crippen LogP contribution in [0.15, 0.2) is 35.9 Å². The number of esters is 1. The molecule has 0 unspecified atom stereocenters. The lowest BCUT2D eigenvalue weighted by Crippen LogP contribution is -2.03. The molecule has 0 aliphatic carbocycles. The zero-order chi connectivity index (χ0) is 11.1. The number of allylic oxidation sites excluding steroid dienone is 1. The number of hydrogen-bond acceptors (Lipinski definition) is 2. The molecule has 0 aromatic heterocycles. The summed E-state index contributed by atoms with van der Waals surface area (Å²) in [6.07, 6.45) is 1.50. The number of ether oxygens (including phenoxy) is 1. The van der Waals surface area contributed by atoms with E-state index in [0.29, 0.717) is 11.1 Å². The molecular weight excluding hydrogens is 212 g/mol. The van der Waals surface area contributed by atoms with Crippen LogP contribution in [0.1, 0.15) is 15.9 Å². The van der Waals surface area contributed by atoms with Crippen molar-refractivity contribution < 1.29 is 9.53 Å². The Morgan fingerprint density at radius 3 is 2.87 bits per heavy atom. The molecule has 1 aromatic carbocycles. The van der Waals surface area contributed by atoms with Crippen LogP contribution in [-0.2, 0) is 4.74 Å². The van der Waals surface area contributed by atoms with Crippen molar-refractivity contribution in [2.75, 3.05) is 7.11 Å². The molecule has 0 aliphatic heterocycles. The molecule has 0 fully saturated rings. The normalized spacial score (nSPS) is 9.47. The molecule has 0 spiro atoms. The van der Waals surface area contributed by atoms with Gasteiger partial charge in [-0.1, -0.05) is 35.6 Å². The zero-order valence-corrected chi connectivity index (χ0v) is 8.91. The summed E-state index contributed by atoms with van der Waals surface area (Å²) in [5.41, 5.74) is 2.39. The van der Waals surface area contributed by atoms with Gasteiger partial charge in [-0.15, -0.1) is 0 Å². The van der Waals surface area contributed by atoms with Crippen LogP contribution in [0.3, 0.4) is 0 Å². The van der Waals surface area contributed by atoms with E-state index in [1.165, 1.54) is 18.7 Å². The second-order valence-corrected chi connectivity index (χ2v) is 2.85. The van der Waals surface area contributed by atoms with Gasteiger partial charge in [-0.25, -0.2) is 4.79 Å². The molecule has 0 atom stereocenters. The number of benzene rings is 1. The molecule has 2 nitrogen and oxygen atoms in total. The molecule has 1 aromatic rings. The van der Waals surface area contributed by atoms with Crippen molar-refractivity contribution >= 4 is 17.6 Å². The monoisotopic (exact) mass is 220 g/mol. The maximum absolute atomic E-state index is 11.3. The SMILES string of the molecule is COC(=O)c1ccccc1C#C/C=C/Cl. The number of carbonyl (C=O) groups is 1. The summed E-state index contributed by atoms with van der Waals surface area (Å²) < 4.78 is 4.63. The number of halogens is 1. The lowest BCUT2D eigenvalue weighted by Gasteiger charge is -2.00. The molecular formula is C12H9ClO2. The average Bonchev–Trinajstić information content (AvgIpc) is 2.29. The van der Waals surface area contributed by atoms with Gasteiger partial charge >= 0.3 is 5.97 Å². The first-order valence-corrected chi connectivity index (χ1v) is 4.67. The van der Waals surface area contributed by atoms with Gasteiger partial charge in [0, 0.05) is 11.1 Å². The minimum Gasteiger partial charge on any atom is -0.465 e. The molecule has 15 heavy (non-hydrogen) atoms. The minimum atomic E-state index is -0.394. The summed E-state index contributed by atoms with van der Waals surface area (Å²) in [5.74, 6) is 5.11. The van der Waals surface area contributed by atoms with Crippen molar-refractivity contribution in [2.24, 2.45) is 0 Å². The predicted molar refractivity (Wildman–Crippen MR) is 59.7 cm³/mol. The van der Waals surface area contributed by atoms with Gasteiger partial charge in [-0.3, -0.25) is 0 Å². The van der Waals surface area contributed by atoms with Crippen LogP contribution in [0.2, 0.25) is 0 Å².